The Hall–Kier alpha value is -0.860. The third-order valence-corrected chi connectivity index (χ3v) is 3.43. The summed E-state index contributed by atoms with van der Waals surface area (Å²) >= 11 is 0. The summed E-state index contributed by atoms with van der Waals surface area (Å²) in [5.74, 6) is 0. The molecular weight excluding hydrogens is 220 g/mol. The molecule has 2 nitrogen and oxygen atoms in total. The summed E-state index contributed by atoms with van der Waals surface area (Å²) in [6.07, 6.45) is 2.49. The molecule has 0 saturated carbocycles. The van der Waals surface area contributed by atoms with Crippen molar-refractivity contribution in [1.29, 1.82) is 0 Å². The summed E-state index contributed by atoms with van der Waals surface area (Å²) in [4.78, 5) is 0. The molecule has 0 heterocycles. The van der Waals surface area contributed by atoms with E-state index in [-0.39, 0.29) is 5.41 Å². The van der Waals surface area contributed by atoms with Crippen molar-refractivity contribution in [2.45, 2.75) is 39.0 Å². The minimum atomic E-state index is 0.205. The normalized spacial score (nSPS) is 11.8. The molecule has 0 unspecified atom stereocenters. The van der Waals surface area contributed by atoms with E-state index in [0.717, 1.165) is 19.6 Å². The monoisotopic (exact) mass is 248 g/mol. The molecule has 0 saturated heterocycles. The quantitative estimate of drug-likeness (QED) is 0.691. The van der Waals surface area contributed by atoms with E-state index in [2.05, 4.69) is 55.7 Å². The first kappa shape index (κ1) is 15.2. The van der Waals surface area contributed by atoms with Crippen LogP contribution in [0.1, 0.15) is 37.8 Å². The zero-order valence-corrected chi connectivity index (χ0v) is 12.3. The van der Waals surface area contributed by atoms with Crippen molar-refractivity contribution in [2.24, 2.45) is 0 Å². The molecule has 0 atom stereocenters. The summed E-state index contributed by atoms with van der Waals surface area (Å²) in [6, 6.07) is 8.89. The Labute approximate surface area is 112 Å². The smallest absolute Gasteiger partial charge is 0.00431 e. The molecule has 18 heavy (non-hydrogen) atoms. The van der Waals surface area contributed by atoms with Gasteiger partial charge in [-0.1, -0.05) is 43.7 Å². The molecule has 0 bridgehead atoms. The fraction of sp³-hybridized carbons (Fsp3) is 0.625. The second kappa shape index (κ2) is 7.55. The van der Waals surface area contributed by atoms with Crippen molar-refractivity contribution in [3.63, 3.8) is 0 Å². The van der Waals surface area contributed by atoms with Gasteiger partial charge in [-0.05, 0) is 45.5 Å². The molecule has 0 aliphatic heterocycles. The molecule has 2 heteroatoms. The van der Waals surface area contributed by atoms with Crippen LogP contribution in [0.2, 0.25) is 0 Å². The van der Waals surface area contributed by atoms with Gasteiger partial charge in [0.25, 0.3) is 0 Å². The van der Waals surface area contributed by atoms with Crippen molar-refractivity contribution in [1.82, 2.24) is 10.6 Å². The fourth-order valence-electron chi connectivity index (χ4n) is 2.06. The molecule has 1 aromatic carbocycles. The Morgan fingerprint density at radius 3 is 2.22 bits per heavy atom. The van der Waals surface area contributed by atoms with E-state index in [1.165, 1.54) is 24.0 Å². The number of hydrogen-bond donors (Lipinski definition) is 2. The highest BCUT2D eigenvalue weighted by molar-refractivity contribution is 5.27. The Balaban J connectivity index is 2.33. The molecule has 2 N–H and O–H groups in total. The minimum Gasteiger partial charge on any atom is -0.320 e. The third-order valence-electron chi connectivity index (χ3n) is 3.43. The summed E-state index contributed by atoms with van der Waals surface area (Å²) in [5.41, 5.74) is 2.95. The van der Waals surface area contributed by atoms with E-state index in [1.807, 2.05) is 7.05 Å². The van der Waals surface area contributed by atoms with Crippen LogP contribution in [0.4, 0.5) is 0 Å². The van der Waals surface area contributed by atoms with Gasteiger partial charge in [0.05, 0.1) is 0 Å². The van der Waals surface area contributed by atoms with E-state index in [4.69, 9.17) is 0 Å². The van der Waals surface area contributed by atoms with E-state index in [1.54, 1.807) is 0 Å². The third kappa shape index (κ3) is 5.19. The molecule has 0 aliphatic carbocycles. The van der Waals surface area contributed by atoms with Gasteiger partial charge in [-0.3, -0.25) is 0 Å². The van der Waals surface area contributed by atoms with Gasteiger partial charge < -0.3 is 10.6 Å². The molecular formula is C16H28N2. The minimum absolute atomic E-state index is 0.205. The second-order valence-electron chi connectivity index (χ2n) is 5.74. The first-order valence-corrected chi connectivity index (χ1v) is 6.99. The van der Waals surface area contributed by atoms with E-state index < -0.39 is 0 Å². The largest absolute Gasteiger partial charge is 0.320 e. The molecule has 0 radical (unpaired) electrons. The lowest BCUT2D eigenvalue weighted by Gasteiger charge is -2.26. The maximum absolute atomic E-state index is 3.57. The Morgan fingerprint density at radius 1 is 1.00 bits per heavy atom. The number of nitrogens with one attached hydrogen (secondary N) is 2. The van der Waals surface area contributed by atoms with E-state index >= 15 is 0 Å². The predicted molar refractivity (Wildman–Crippen MR) is 80.2 cm³/mol. The van der Waals surface area contributed by atoms with Crippen LogP contribution in [0.25, 0.3) is 0 Å². The Kier molecular flexibility index (Phi) is 6.37. The maximum atomic E-state index is 3.57. The van der Waals surface area contributed by atoms with Crippen molar-refractivity contribution in [3.8, 4) is 0 Å². The van der Waals surface area contributed by atoms with Crippen molar-refractivity contribution < 1.29 is 0 Å². The van der Waals surface area contributed by atoms with Crippen LogP contribution < -0.4 is 10.6 Å². The number of aryl methyl sites for hydroxylation is 1. The summed E-state index contributed by atoms with van der Waals surface area (Å²) in [6.45, 7) is 10.0. The van der Waals surface area contributed by atoms with Gasteiger partial charge in [-0.15, -0.1) is 0 Å². The standard InChI is InChI=1S/C16H28N2/c1-14-7-9-15(10-8-14)16(2,3)13-18-12-6-5-11-17-4/h7-10,17-18H,5-6,11-13H2,1-4H3. The lowest BCUT2D eigenvalue weighted by Crippen LogP contribution is -2.33. The highest BCUT2D eigenvalue weighted by atomic mass is 14.9. The predicted octanol–water partition coefficient (Wildman–Crippen LogP) is 2.86. The second-order valence-corrected chi connectivity index (χ2v) is 5.74. The van der Waals surface area contributed by atoms with Crippen LogP contribution in [0.3, 0.4) is 0 Å². The fourth-order valence-corrected chi connectivity index (χ4v) is 2.06. The van der Waals surface area contributed by atoms with Gasteiger partial charge >= 0.3 is 0 Å². The summed E-state index contributed by atoms with van der Waals surface area (Å²) in [5, 5.41) is 6.75. The highest BCUT2D eigenvalue weighted by Gasteiger charge is 2.19. The van der Waals surface area contributed by atoms with Gasteiger partial charge in [-0.25, -0.2) is 0 Å². The summed E-state index contributed by atoms with van der Waals surface area (Å²) < 4.78 is 0. The average Bonchev–Trinajstić information content (AvgIpc) is 2.34. The van der Waals surface area contributed by atoms with Crippen LogP contribution in [0.15, 0.2) is 24.3 Å². The van der Waals surface area contributed by atoms with Crippen LogP contribution in [0.5, 0.6) is 0 Å². The van der Waals surface area contributed by atoms with E-state index in [9.17, 15) is 0 Å². The molecule has 0 amide bonds. The lowest BCUT2D eigenvalue weighted by molar-refractivity contribution is 0.462. The number of benzene rings is 1. The van der Waals surface area contributed by atoms with Crippen molar-refractivity contribution >= 4 is 0 Å². The number of unbranched alkanes of at least 4 members (excludes halogenated alkanes) is 1. The van der Waals surface area contributed by atoms with Crippen molar-refractivity contribution in [2.75, 3.05) is 26.7 Å². The molecule has 0 aliphatic rings. The molecule has 0 aromatic heterocycles. The Bertz CT molecular complexity index is 327. The molecule has 1 rings (SSSR count). The molecule has 1 aromatic rings. The number of rotatable bonds is 8. The van der Waals surface area contributed by atoms with Crippen LogP contribution >= 0.6 is 0 Å². The first-order chi connectivity index (χ1) is 8.56. The molecule has 102 valence electrons. The van der Waals surface area contributed by atoms with Crippen LogP contribution in [0, 0.1) is 6.92 Å². The van der Waals surface area contributed by atoms with E-state index in [0.29, 0.717) is 0 Å². The van der Waals surface area contributed by atoms with Gasteiger partial charge in [0.2, 0.25) is 0 Å². The summed E-state index contributed by atoms with van der Waals surface area (Å²) in [7, 11) is 2.01. The van der Waals surface area contributed by atoms with Crippen LogP contribution in [-0.2, 0) is 5.41 Å². The topological polar surface area (TPSA) is 24.1 Å². The number of hydrogen-bond acceptors (Lipinski definition) is 2. The Morgan fingerprint density at radius 2 is 1.61 bits per heavy atom. The SMILES string of the molecule is CNCCCCNCC(C)(C)c1ccc(C)cc1. The zero-order chi connectivity index (χ0) is 13.4. The highest BCUT2D eigenvalue weighted by Crippen LogP contribution is 2.22. The van der Waals surface area contributed by atoms with Gasteiger partial charge in [-0.2, -0.15) is 0 Å². The molecule has 0 spiro atoms. The maximum Gasteiger partial charge on any atom is 0.00431 e. The average molecular weight is 248 g/mol. The lowest BCUT2D eigenvalue weighted by atomic mass is 9.84. The molecule has 0 fully saturated rings. The van der Waals surface area contributed by atoms with Crippen LogP contribution in [-0.4, -0.2) is 26.7 Å². The first-order valence-electron chi connectivity index (χ1n) is 6.99. The van der Waals surface area contributed by atoms with Gasteiger partial charge in [0, 0.05) is 12.0 Å². The van der Waals surface area contributed by atoms with Gasteiger partial charge in [0.1, 0.15) is 0 Å². The van der Waals surface area contributed by atoms with Gasteiger partial charge in [0.15, 0.2) is 0 Å². The zero-order valence-electron chi connectivity index (χ0n) is 12.3. The van der Waals surface area contributed by atoms with Crippen molar-refractivity contribution in [3.05, 3.63) is 35.4 Å².